The Bertz CT molecular complexity index is 437. The fourth-order valence-corrected chi connectivity index (χ4v) is 1.88. The van der Waals surface area contributed by atoms with Crippen LogP contribution in [0.4, 0.5) is 0 Å². The Morgan fingerprint density at radius 1 is 1.44 bits per heavy atom. The lowest BCUT2D eigenvalue weighted by atomic mass is 10.2. The molecule has 1 aliphatic rings. The van der Waals surface area contributed by atoms with Gasteiger partial charge in [-0.2, -0.15) is 0 Å². The van der Waals surface area contributed by atoms with Crippen LogP contribution < -0.4 is 0 Å². The van der Waals surface area contributed by atoms with Crippen LogP contribution in [0.1, 0.15) is 5.56 Å². The van der Waals surface area contributed by atoms with Gasteiger partial charge in [0.15, 0.2) is 6.04 Å². The van der Waals surface area contributed by atoms with Gasteiger partial charge in [-0.05, 0) is 15.0 Å². The van der Waals surface area contributed by atoms with Gasteiger partial charge in [0.25, 0.3) is 5.91 Å². The highest BCUT2D eigenvalue weighted by molar-refractivity contribution is 7.14. The molecule has 0 radical (unpaired) electrons. The summed E-state index contributed by atoms with van der Waals surface area (Å²) in [7, 11) is 2.23. The van der Waals surface area contributed by atoms with E-state index in [0.29, 0.717) is 0 Å². The first-order valence-corrected chi connectivity index (χ1v) is 6.05. The lowest BCUT2D eigenvalue weighted by molar-refractivity contribution is -0.160. The van der Waals surface area contributed by atoms with Crippen molar-refractivity contribution in [3.05, 3.63) is 35.9 Å². The molecule has 1 aromatic rings. The number of benzene rings is 1. The van der Waals surface area contributed by atoms with Gasteiger partial charge in [-0.25, -0.2) is 4.79 Å². The number of morpholine rings is 1. The maximum atomic E-state index is 11.8. The standard InChI is InChI=1S/C12H14NO4P/c14-11-8-16-7-10(13(11)18)12(15)17-6-9-4-2-1-3-5-9/h1-5,10H,6-8,18H2. The summed E-state index contributed by atoms with van der Waals surface area (Å²) >= 11 is 0. The van der Waals surface area contributed by atoms with Gasteiger partial charge in [0, 0.05) is 0 Å². The number of hydrogen-bond acceptors (Lipinski definition) is 4. The normalized spacial score (nSPS) is 19.7. The van der Waals surface area contributed by atoms with Crippen molar-refractivity contribution in [2.45, 2.75) is 12.6 Å². The van der Waals surface area contributed by atoms with Gasteiger partial charge >= 0.3 is 5.97 Å². The maximum absolute atomic E-state index is 11.8. The molecule has 1 heterocycles. The van der Waals surface area contributed by atoms with E-state index < -0.39 is 12.0 Å². The molecule has 6 heteroatoms. The minimum atomic E-state index is -0.681. The summed E-state index contributed by atoms with van der Waals surface area (Å²) in [5.74, 6) is -0.699. The second kappa shape index (κ2) is 5.94. The van der Waals surface area contributed by atoms with Gasteiger partial charge in [0.05, 0.1) is 6.61 Å². The first-order valence-electron chi connectivity index (χ1n) is 5.53. The molecule has 5 nitrogen and oxygen atoms in total. The fourth-order valence-electron chi connectivity index (χ4n) is 1.59. The van der Waals surface area contributed by atoms with Crippen LogP contribution in [-0.2, 0) is 25.7 Å². The van der Waals surface area contributed by atoms with Crippen molar-refractivity contribution in [3.8, 4) is 0 Å². The molecule has 2 unspecified atom stereocenters. The molecule has 0 N–H and O–H groups in total. The Hall–Kier alpha value is -1.45. The average Bonchev–Trinajstić information content (AvgIpc) is 2.40. The third-order valence-electron chi connectivity index (χ3n) is 2.62. The maximum Gasteiger partial charge on any atom is 0.331 e. The van der Waals surface area contributed by atoms with E-state index >= 15 is 0 Å². The number of rotatable bonds is 3. The first-order chi connectivity index (χ1) is 8.68. The van der Waals surface area contributed by atoms with E-state index in [9.17, 15) is 9.59 Å². The molecule has 1 aliphatic heterocycles. The van der Waals surface area contributed by atoms with Crippen molar-refractivity contribution in [1.82, 2.24) is 4.67 Å². The van der Waals surface area contributed by atoms with Gasteiger partial charge in [-0.15, -0.1) is 0 Å². The first kappa shape index (κ1) is 13.0. The highest BCUT2D eigenvalue weighted by atomic mass is 31.0. The minimum absolute atomic E-state index is 0.00592. The number of nitrogens with zero attached hydrogens (tertiary/aromatic N) is 1. The van der Waals surface area contributed by atoms with Crippen molar-refractivity contribution >= 4 is 21.3 Å². The van der Waals surface area contributed by atoms with Gasteiger partial charge in [-0.3, -0.25) is 4.79 Å². The second-order valence-corrected chi connectivity index (χ2v) is 4.48. The van der Waals surface area contributed by atoms with E-state index in [1.807, 2.05) is 30.3 Å². The van der Waals surface area contributed by atoms with Crippen LogP contribution in [0, 0.1) is 0 Å². The Labute approximate surface area is 107 Å². The molecule has 1 fully saturated rings. The summed E-state index contributed by atoms with van der Waals surface area (Å²) in [6, 6.07) is 8.70. The van der Waals surface area contributed by atoms with Crippen molar-refractivity contribution in [1.29, 1.82) is 0 Å². The van der Waals surface area contributed by atoms with Crippen molar-refractivity contribution < 1.29 is 19.1 Å². The second-order valence-electron chi connectivity index (χ2n) is 3.93. The number of carbonyl (C=O) groups is 2. The molecule has 0 bridgehead atoms. The van der Waals surface area contributed by atoms with Crippen LogP contribution in [0.25, 0.3) is 0 Å². The number of amides is 1. The zero-order valence-corrected chi connectivity index (χ0v) is 10.9. The van der Waals surface area contributed by atoms with Crippen LogP contribution in [0.2, 0.25) is 0 Å². The Morgan fingerprint density at radius 2 is 2.17 bits per heavy atom. The monoisotopic (exact) mass is 267 g/mol. The van der Waals surface area contributed by atoms with Crippen molar-refractivity contribution in [2.24, 2.45) is 0 Å². The average molecular weight is 267 g/mol. The molecule has 0 saturated carbocycles. The van der Waals surface area contributed by atoms with Crippen molar-refractivity contribution in [3.63, 3.8) is 0 Å². The van der Waals surface area contributed by atoms with Crippen LogP contribution in [0.15, 0.2) is 30.3 Å². The van der Waals surface area contributed by atoms with Gasteiger partial charge in [-0.1, -0.05) is 30.3 Å². The highest BCUT2D eigenvalue weighted by Crippen LogP contribution is 2.15. The van der Waals surface area contributed by atoms with Crippen LogP contribution >= 0.6 is 9.39 Å². The number of hydrogen-bond donors (Lipinski definition) is 0. The Kier molecular flexibility index (Phi) is 4.28. The highest BCUT2D eigenvalue weighted by Gasteiger charge is 2.32. The molecule has 1 saturated heterocycles. The number of carbonyl (C=O) groups excluding carboxylic acids is 2. The predicted molar refractivity (Wildman–Crippen MR) is 67.4 cm³/mol. The Balaban J connectivity index is 1.90. The zero-order valence-electron chi connectivity index (χ0n) is 9.74. The summed E-state index contributed by atoms with van der Waals surface area (Å²) < 4.78 is 11.5. The molecule has 1 amide bonds. The molecule has 1 aromatic carbocycles. The summed E-state index contributed by atoms with van der Waals surface area (Å²) in [5, 5.41) is 0. The van der Waals surface area contributed by atoms with Gasteiger partial charge in [0.2, 0.25) is 0 Å². The van der Waals surface area contributed by atoms with Gasteiger partial charge in [0.1, 0.15) is 13.2 Å². The fraction of sp³-hybridized carbons (Fsp3) is 0.333. The number of esters is 1. The van der Waals surface area contributed by atoms with E-state index in [1.165, 1.54) is 4.67 Å². The predicted octanol–water partition coefficient (Wildman–Crippen LogP) is 0.747. The molecular weight excluding hydrogens is 253 g/mol. The summed E-state index contributed by atoms with van der Waals surface area (Å²) in [4.78, 5) is 23.2. The summed E-state index contributed by atoms with van der Waals surface area (Å²) in [6.07, 6.45) is 0. The molecule has 18 heavy (non-hydrogen) atoms. The third kappa shape index (κ3) is 3.06. The lowest BCUT2D eigenvalue weighted by Gasteiger charge is -2.30. The minimum Gasteiger partial charge on any atom is -0.459 e. The van der Waals surface area contributed by atoms with Crippen LogP contribution in [0.5, 0.6) is 0 Å². The SMILES string of the molecule is O=C(OCc1ccccc1)C1COCC(=O)N1P. The smallest absolute Gasteiger partial charge is 0.331 e. The Morgan fingerprint density at radius 3 is 2.89 bits per heavy atom. The number of ether oxygens (including phenoxy) is 2. The van der Waals surface area contributed by atoms with E-state index in [2.05, 4.69) is 9.39 Å². The lowest BCUT2D eigenvalue weighted by Crippen LogP contribution is -2.48. The molecule has 2 rings (SSSR count). The zero-order chi connectivity index (χ0) is 13.0. The largest absolute Gasteiger partial charge is 0.459 e. The molecular formula is C12H14NO4P. The molecule has 0 spiro atoms. The molecule has 0 aromatic heterocycles. The van der Waals surface area contributed by atoms with Crippen LogP contribution in [0.3, 0.4) is 0 Å². The molecule has 0 aliphatic carbocycles. The third-order valence-corrected chi connectivity index (χ3v) is 3.27. The van der Waals surface area contributed by atoms with E-state index in [-0.39, 0.29) is 25.7 Å². The van der Waals surface area contributed by atoms with Gasteiger partial charge < -0.3 is 14.1 Å². The molecule has 2 atom stereocenters. The van der Waals surface area contributed by atoms with Crippen molar-refractivity contribution in [2.75, 3.05) is 13.2 Å². The topological polar surface area (TPSA) is 55.8 Å². The van der Waals surface area contributed by atoms with E-state index in [0.717, 1.165) is 5.56 Å². The molecule has 96 valence electrons. The summed E-state index contributed by atoms with van der Waals surface area (Å²) in [6.45, 7) is 0.373. The quantitative estimate of drug-likeness (QED) is 0.599. The van der Waals surface area contributed by atoms with E-state index in [1.54, 1.807) is 0 Å². The van der Waals surface area contributed by atoms with Crippen LogP contribution in [-0.4, -0.2) is 35.8 Å². The summed E-state index contributed by atoms with van der Waals surface area (Å²) in [5.41, 5.74) is 0.907. The van der Waals surface area contributed by atoms with E-state index in [4.69, 9.17) is 9.47 Å².